The summed E-state index contributed by atoms with van der Waals surface area (Å²) >= 11 is 1.34. The molecule has 0 atom stereocenters. The largest absolute Gasteiger partial charge is 0.478 e. The Bertz CT molecular complexity index is 1640. The molecule has 2 heterocycles. The zero-order valence-corrected chi connectivity index (χ0v) is 20.3. The molecule has 0 fully saturated rings. The van der Waals surface area contributed by atoms with Gasteiger partial charge in [0.15, 0.2) is 0 Å². The van der Waals surface area contributed by atoms with Crippen molar-refractivity contribution in [3.8, 4) is 28.2 Å². The minimum Gasteiger partial charge on any atom is -0.478 e. The predicted octanol–water partition coefficient (Wildman–Crippen LogP) is 5.64. The molecule has 0 radical (unpaired) electrons. The van der Waals surface area contributed by atoms with Gasteiger partial charge in [-0.15, -0.1) is 11.3 Å². The van der Waals surface area contributed by atoms with E-state index in [2.05, 4.69) is 20.6 Å². The van der Waals surface area contributed by atoms with Crippen LogP contribution in [0.1, 0.15) is 26.3 Å². The van der Waals surface area contributed by atoms with Crippen molar-refractivity contribution in [1.82, 2.24) is 14.8 Å². The number of thiazole rings is 1. The standard InChI is InChI=1S/C27H18FN5O4S/c28-21-9-5-16(6-10-21)23-15-38-27(30-23)31-29-13-20-14-33(22-11-7-19(8-12-22)26(36)37)32-24(20)17-1-3-18(4-2-17)25(34)35/h1-15H,(H,30,31)(H,34,35)(H,36,37)/b29-13+. The lowest BCUT2D eigenvalue weighted by Gasteiger charge is -2.02. The van der Waals surface area contributed by atoms with Gasteiger partial charge in [0.25, 0.3) is 0 Å². The number of aromatic nitrogens is 3. The van der Waals surface area contributed by atoms with E-state index in [1.807, 2.05) is 5.38 Å². The molecule has 0 aliphatic carbocycles. The summed E-state index contributed by atoms with van der Waals surface area (Å²) in [5.74, 6) is -2.38. The highest BCUT2D eigenvalue weighted by Gasteiger charge is 2.13. The van der Waals surface area contributed by atoms with Crippen LogP contribution in [-0.4, -0.2) is 43.1 Å². The third kappa shape index (κ3) is 5.32. The zero-order valence-electron chi connectivity index (χ0n) is 19.4. The van der Waals surface area contributed by atoms with Crippen molar-refractivity contribution in [2.45, 2.75) is 0 Å². The first kappa shape index (κ1) is 24.5. The van der Waals surface area contributed by atoms with Crippen molar-refractivity contribution in [1.29, 1.82) is 0 Å². The Balaban J connectivity index is 1.43. The van der Waals surface area contributed by atoms with Crippen LogP contribution in [0.25, 0.3) is 28.2 Å². The molecule has 0 amide bonds. The zero-order chi connectivity index (χ0) is 26.6. The molecular weight excluding hydrogens is 509 g/mol. The van der Waals surface area contributed by atoms with Gasteiger partial charge in [-0.05, 0) is 60.7 Å². The van der Waals surface area contributed by atoms with Gasteiger partial charge in [-0.25, -0.2) is 23.6 Å². The summed E-state index contributed by atoms with van der Waals surface area (Å²) in [6.45, 7) is 0. The second-order valence-electron chi connectivity index (χ2n) is 8.03. The molecule has 0 saturated carbocycles. The number of carboxylic acids is 2. The summed E-state index contributed by atoms with van der Waals surface area (Å²) in [6.07, 6.45) is 3.29. The maximum absolute atomic E-state index is 13.2. The predicted molar refractivity (Wildman–Crippen MR) is 142 cm³/mol. The molecule has 3 N–H and O–H groups in total. The average Bonchev–Trinajstić information content (AvgIpc) is 3.57. The molecule has 0 spiro atoms. The first-order chi connectivity index (χ1) is 18.4. The molecule has 11 heteroatoms. The lowest BCUT2D eigenvalue weighted by Crippen LogP contribution is -1.99. The molecule has 5 rings (SSSR count). The maximum Gasteiger partial charge on any atom is 0.335 e. The van der Waals surface area contributed by atoms with Crippen LogP contribution in [0.5, 0.6) is 0 Å². The van der Waals surface area contributed by atoms with Crippen molar-refractivity contribution in [2.75, 3.05) is 5.43 Å². The van der Waals surface area contributed by atoms with Crippen molar-refractivity contribution >= 4 is 34.6 Å². The van der Waals surface area contributed by atoms with E-state index in [1.54, 1.807) is 53.5 Å². The number of hydrogen-bond donors (Lipinski definition) is 3. The summed E-state index contributed by atoms with van der Waals surface area (Å²) in [4.78, 5) is 26.9. The average molecular weight is 528 g/mol. The molecule has 9 nitrogen and oxygen atoms in total. The monoisotopic (exact) mass is 527 g/mol. The molecule has 38 heavy (non-hydrogen) atoms. The quantitative estimate of drug-likeness (QED) is 0.176. The number of carbonyl (C=O) groups is 2. The summed E-state index contributed by atoms with van der Waals surface area (Å²) < 4.78 is 14.8. The number of benzene rings is 3. The van der Waals surface area contributed by atoms with Crippen LogP contribution < -0.4 is 5.43 Å². The number of anilines is 1. The number of nitrogens with one attached hydrogen (secondary N) is 1. The Kier molecular flexibility index (Phi) is 6.74. The van der Waals surface area contributed by atoms with Crippen LogP contribution in [0.4, 0.5) is 9.52 Å². The Hall–Kier alpha value is -5.16. The minimum atomic E-state index is -1.03. The first-order valence-electron chi connectivity index (χ1n) is 11.1. The van der Waals surface area contributed by atoms with Gasteiger partial charge in [-0.3, -0.25) is 5.43 Å². The smallest absolute Gasteiger partial charge is 0.335 e. The van der Waals surface area contributed by atoms with Gasteiger partial charge >= 0.3 is 11.9 Å². The van der Waals surface area contributed by atoms with Crippen LogP contribution in [0.3, 0.4) is 0 Å². The summed E-state index contributed by atoms with van der Waals surface area (Å²) in [7, 11) is 0. The number of aromatic carboxylic acids is 2. The summed E-state index contributed by atoms with van der Waals surface area (Å²) in [5, 5.41) is 29.7. The SMILES string of the molecule is O=C(O)c1ccc(-c2nn(-c3ccc(C(=O)O)cc3)cc2/C=N/Nc2nc(-c3ccc(F)cc3)cs2)cc1. The Morgan fingerprint density at radius 3 is 2.13 bits per heavy atom. The van der Waals surface area contributed by atoms with Crippen molar-refractivity contribution < 1.29 is 24.2 Å². The van der Waals surface area contributed by atoms with Crippen LogP contribution in [0.15, 0.2) is 89.5 Å². The van der Waals surface area contributed by atoms with E-state index in [0.29, 0.717) is 33.3 Å². The Labute approximate surface area is 219 Å². The van der Waals surface area contributed by atoms with E-state index in [1.165, 1.54) is 47.7 Å². The van der Waals surface area contributed by atoms with E-state index in [-0.39, 0.29) is 16.9 Å². The van der Waals surface area contributed by atoms with E-state index in [0.717, 1.165) is 5.56 Å². The lowest BCUT2D eigenvalue weighted by atomic mass is 10.1. The second kappa shape index (κ2) is 10.4. The van der Waals surface area contributed by atoms with E-state index >= 15 is 0 Å². The van der Waals surface area contributed by atoms with Gasteiger partial charge in [0, 0.05) is 28.3 Å². The molecule has 188 valence electrons. The highest BCUT2D eigenvalue weighted by molar-refractivity contribution is 7.14. The fourth-order valence-electron chi connectivity index (χ4n) is 3.60. The Morgan fingerprint density at radius 2 is 1.50 bits per heavy atom. The highest BCUT2D eigenvalue weighted by atomic mass is 32.1. The lowest BCUT2D eigenvalue weighted by molar-refractivity contribution is 0.0686. The molecule has 2 aromatic heterocycles. The van der Waals surface area contributed by atoms with Gasteiger partial charge in [0.05, 0.1) is 28.7 Å². The normalized spacial score (nSPS) is 11.1. The van der Waals surface area contributed by atoms with E-state index in [9.17, 15) is 19.1 Å². The van der Waals surface area contributed by atoms with Crippen molar-refractivity contribution in [3.63, 3.8) is 0 Å². The third-order valence-electron chi connectivity index (χ3n) is 5.53. The molecule has 0 aliphatic rings. The minimum absolute atomic E-state index is 0.148. The molecular formula is C27H18FN5O4S. The van der Waals surface area contributed by atoms with Crippen molar-refractivity contribution in [3.05, 3.63) is 107 Å². The summed E-state index contributed by atoms with van der Waals surface area (Å²) in [5.41, 5.74) is 7.13. The van der Waals surface area contributed by atoms with Gasteiger partial charge < -0.3 is 10.2 Å². The number of carboxylic acid groups (broad SMARTS) is 2. The van der Waals surface area contributed by atoms with E-state index in [4.69, 9.17) is 5.11 Å². The molecule has 0 saturated heterocycles. The fraction of sp³-hybridized carbons (Fsp3) is 0. The number of halogens is 1. The third-order valence-corrected chi connectivity index (χ3v) is 6.28. The Morgan fingerprint density at radius 1 is 0.895 bits per heavy atom. The molecule has 0 aliphatic heterocycles. The van der Waals surface area contributed by atoms with E-state index < -0.39 is 11.9 Å². The molecule has 3 aromatic carbocycles. The molecule has 5 aromatic rings. The highest BCUT2D eigenvalue weighted by Crippen LogP contribution is 2.26. The number of rotatable bonds is 8. The first-order valence-corrected chi connectivity index (χ1v) is 12.0. The molecule has 0 unspecified atom stereocenters. The van der Waals surface area contributed by atoms with Crippen LogP contribution in [0, 0.1) is 5.82 Å². The van der Waals surface area contributed by atoms with Crippen LogP contribution in [-0.2, 0) is 0 Å². The van der Waals surface area contributed by atoms with Crippen LogP contribution >= 0.6 is 11.3 Å². The maximum atomic E-state index is 13.2. The fourth-order valence-corrected chi connectivity index (χ4v) is 4.27. The van der Waals surface area contributed by atoms with Crippen molar-refractivity contribution in [2.24, 2.45) is 5.10 Å². The van der Waals surface area contributed by atoms with Gasteiger partial charge in [0.2, 0.25) is 5.13 Å². The molecule has 0 bridgehead atoms. The second-order valence-corrected chi connectivity index (χ2v) is 8.89. The number of nitrogens with zero attached hydrogens (tertiary/aromatic N) is 4. The number of hydrogen-bond acceptors (Lipinski definition) is 7. The summed E-state index contributed by atoms with van der Waals surface area (Å²) in [6, 6.07) is 18.6. The van der Waals surface area contributed by atoms with Gasteiger partial charge in [-0.2, -0.15) is 10.2 Å². The van der Waals surface area contributed by atoms with Gasteiger partial charge in [-0.1, -0.05) is 12.1 Å². The van der Waals surface area contributed by atoms with Crippen LogP contribution in [0.2, 0.25) is 0 Å². The number of hydrazone groups is 1. The topological polar surface area (TPSA) is 130 Å². The van der Waals surface area contributed by atoms with Gasteiger partial charge in [0.1, 0.15) is 11.5 Å².